The monoisotopic (exact) mass is 306 g/mol. The number of hydrogen-bond acceptors (Lipinski definition) is 5. The van der Waals surface area contributed by atoms with Gasteiger partial charge in [0.05, 0.1) is 25.7 Å². The molecule has 0 aromatic carbocycles. The molecule has 0 saturated heterocycles. The second kappa shape index (κ2) is 7.24. The lowest BCUT2D eigenvalue weighted by Gasteiger charge is -2.17. The van der Waals surface area contributed by atoms with Crippen molar-refractivity contribution in [2.75, 3.05) is 13.7 Å². The average molecular weight is 306 g/mol. The first-order valence-corrected chi connectivity index (χ1v) is 7.53. The summed E-state index contributed by atoms with van der Waals surface area (Å²) in [6.45, 7) is 4.24. The summed E-state index contributed by atoms with van der Waals surface area (Å²) in [7, 11) is 1.33. The van der Waals surface area contributed by atoms with Crippen molar-refractivity contribution >= 4 is 12.0 Å². The fraction of sp³-hybridized carbons (Fsp3) is 0.562. The molecule has 1 aromatic heterocycles. The highest BCUT2D eigenvalue weighted by atomic mass is 16.5. The van der Waals surface area contributed by atoms with Gasteiger partial charge in [-0.1, -0.05) is 12.8 Å². The van der Waals surface area contributed by atoms with Gasteiger partial charge in [0.1, 0.15) is 0 Å². The Bertz CT molecular complexity index is 617. The van der Waals surface area contributed by atoms with Crippen LogP contribution in [-0.4, -0.2) is 29.5 Å². The molecule has 0 bridgehead atoms. The molecular weight excluding hydrogens is 284 g/mol. The zero-order chi connectivity index (χ0) is 16.1. The average Bonchev–Trinajstić information content (AvgIpc) is 3.31. The number of aromatic nitrogens is 2. The molecule has 22 heavy (non-hydrogen) atoms. The number of nitrogens with zero attached hydrogens (tertiary/aromatic N) is 2. The van der Waals surface area contributed by atoms with Crippen LogP contribution in [0, 0.1) is 12.8 Å². The summed E-state index contributed by atoms with van der Waals surface area (Å²) in [6.07, 6.45) is 6.01. The van der Waals surface area contributed by atoms with Crippen molar-refractivity contribution in [3.8, 4) is 0 Å². The van der Waals surface area contributed by atoms with Gasteiger partial charge in [0.2, 0.25) is 0 Å². The Kier molecular flexibility index (Phi) is 5.35. The van der Waals surface area contributed by atoms with E-state index in [9.17, 15) is 9.59 Å². The molecule has 1 atom stereocenters. The first kappa shape index (κ1) is 16.3. The van der Waals surface area contributed by atoms with Gasteiger partial charge < -0.3 is 9.47 Å². The maximum absolute atomic E-state index is 12.2. The highest BCUT2D eigenvalue weighted by Gasteiger charge is 2.32. The number of carbonyl (C=O) groups excluding carboxylic acids is 1. The first-order valence-electron chi connectivity index (χ1n) is 7.53. The lowest BCUT2D eigenvalue weighted by atomic mass is 10.1. The number of carbonyl (C=O) groups is 1. The van der Waals surface area contributed by atoms with Crippen molar-refractivity contribution in [1.29, 1.82) is 0 Å². The molecule has 6 heteroatoms. The van der Waals surface area contributed by atoms with E-state index >= 15 is 0 Å². The van der Waals surface area contributed by atoms with E-state index in [4.69, 9.17) is 9.47 Å². The van der Waals surface area contributed by atoms with E-state index in [1.54, 1.807) is 13.0 Å². The van der Waals surface area contributed by atoms with Crippen LogP contribution in [0.25, 0.3) is 6.08 Å². The van der Waals surface area contributed by atoms with E-state index in [1.165, 1.54) is 24.1 Å². The van der Waals surface area contributed by atoms with Gasteiger partial charge in [0, 0.05) is 12.1 Å². The molecule has 6 nitrogen and oxygen atoms in total. The van der Waals surface area contributed by atoms with Crippen molar-refractivity contribution in [3.63, 3.8) is 0 Å². The van der Waals surface area contributed by atoms with Crippen molar-refractivity contribution in [3.05, 3.63) is 33.9 Å². The second-order valence-corrected chi connectivity index (χ2v) is 5.47. The van der Waals surface area contributed by atoms with E-state index in [2.05, 4.69) is 5.10 Å². The van der Waals surface area contributed by atoms with Crippen LogP contribution in [0.1, 0.15) is 43.5 Å². The van der Waals surface area contributed by atoms with Gasteiger partial charge in [-0.3, -0.25) is 4.79 Å². The third kappa shape index (κ3) is 3.96. The maximum Gasteiger partial charge on any atom is 0.330 e. The third-order valence-electron chi connectivity index (χ3n) is 3.70. The van der Waals surface area contributed by atoms with Crippen molar-refractivity contribution in [2.24, 2.45) is 5.92 Å². The van der Waals surface area contributed by atoms with Crippen LogP contribution < -0.4 is 5.56 Å². The highest BCUT2D eigenvalue weighted by molar-refractivity contribution is 5.74. The summed E-state index contributed by atoms with van der Waals surface area (Å²) in [6, 6.07) is 0.825. The standard InChI is InChI=1S/C16H22N2O4/c1-4-22-8-7-13-11(2)9-15(19)18(17-13)14(16(20)21-3)10-12-5-6-12/h7-9,12,14H,4-6,10H2,1-3H3. The summed E-state index contributed by atoms with van der Waals surface area (Å²) in [4.78, 5) is 24.2. The van der Waals surface area contributed by atoms with Crippen LogP contribution in [0.5, 0.6) is 0 Å². The summed E-state index contributed by atoms with van der Waals surface area (Å²) in [5, 5.41) is 4.33. The summed E-state index contributed by atoms with van der Waals surface area (Å²) < 4.78 is 11.2. The van der Waals surface area contributed by atoms with Gasteiger partial charge in [-0.05, 0) is 31.7 Å². The van der Waals surface area contributed by atoms with Gasteiger partial charge in [-0.2, -0.15) is 5.10 Å². The Morgan fingerprint density at radius 1 is 1.55 bits per heavy atom. The predicted molar refractivity (Wildman–Crippen MR) is 82.3 cm³/mol. The van der Waals surface area contributed by atoms with Gasteiger partial charge >= 0.3 is 5.97 Å². The van der Waals surface area contributed by atoms with Crippen LogP contribution in [0.4, 0.5) is 0 Å². The minimum absolute atomic E-state index is 0.290. The zero-order valence-electron chi connectivity index (χ0n) is 13.2. The first-order chi connectivity index (χ1) is 10.6. The summed E-state index contributed by atoms with van der Waals surface area (Å²) in [5.74, 6) is 0.0478. The Hall–Kier alpha value is -2.11. The van der Waals surface area contributed by atoms with Crippen LogP contribution in [0.15, 0.2) is 17.1 Å². The Balaban J connectivity index is 2.35. The number of rotatable bonds is 7. The molecule has 1 heterocycles. The highest BCUT2D eigenvalue weighted by Crippen LogP contribution is 2.36. The van der Waals surface area contributed by atoms with Crippen molar-refractivity contribution < 1.29 is 14.3 Å². The zero-order valence-corrected chi connectivity index (χ0v) is 13.2. The van der Waals surface area contributed by atoms with Crippen LogP contribution >= 0.6 is 0 Å². The fourth-order valence-electron chi connectivity index (χ4n) is 2.27. The van der Waals surface area contributed by atoms with E-state index in [-0.39, 0.29) is 5.56 Å². The SMILES string of the molecule is CCOC=Cc1nn(C(CC2CC2)C(=O)OC)c(=O)cc1C. The molecule has 1 unspecified atom stereocenters. The summed E-state index contributed by atoms with van der Waals surface area (Å²) in [5.41, 5.74) is 1.06. The molecule has 0 spiro atoms. The molecule has 1 fully saturated rings. The molecule has 0 amide bonds. The van der Waals surface area contributed by atoms with Crippen molar-refractivity contribution in [1.82, 2.24) is 9.78 Å². The number of esters is 1. The minimum Gasteiger partial charge on any atom is -0.501 e. The Morgan fingerprint density at radius 3 is 2.86 bits per heavy atom. The van der Waals surface area contributed by atoms with E-state index in [0.29, 0.717) is 24.6 Å². The normalized spacial score (nSPS) is 15.8. The van der Waals surface area contributed by atoms with Crippen LogP contribution in [-0.2, 0) is 14.3 Å². The molecule has 1 aliphatic carbocycles. The second-order valence-electron chi connectivity index (χ2n) is 5.47. The molecule has 1 aliphatic rings. The molecular formula is C16H22N2O4. The molecule has 120 valence electrons. The molecule has 0 N–H and O–H groups in total. The lowest BCUT2D eigenvalue weighted by Crippen LogP contribution is -2.33. The van der Waals surface area contributed by atoms with E-state index in [1.807, 2.05) is 6.92 Å². The molecule has 0 aliphatic heterocycles. The van der Waals surface area contributed by atoms with Gasteiger partial charge in [0.25, 0.3) is 5.56 Å². The Labute approximate surface area is 129 Å². The van der Waals surface area contributed by atoms with Crippen molar-refractivity contribution in [2.45, 2.75) is 39.2 Å². The molecule has 2 rings (SSSR count). The van der Waals surface area contributed by atoms with Gasteiger partial charge in [-0.15, -0.1) is 0 Å². The molecule has 0 radical (unpaired) electrons. The lowest BCUT2D eigenvalue weighted by molar-refractivity contribution is -0.145. The third-order valence-corrected chi connectivity index (χ3v) is 3.70. The van der Waals surface area contributed by atoms with Crippen LogP contribution in [0.2, 0.25) is 0 Å². The quantitative estimate of drug-likeness (QED) is 0.570. The predicted octanol–water partition coefficient (Wildman–Crippen LogP) is 2.07. The minimum atomic E-state index is -0.662. The van der Waals surface area contributed by atoms with E-state index in [0.717, 1.165) is 18.4 Å². The topological polar surface area (TPSA) is 70.4 Å². The molecule has 1 saturated carbocycles. The smallest absolute Gasteiger partial charge is 0.330 e. The van der Waals surface area contributed by atoms with E-state index < -0.39 is 12.0 Å². The van der Waals surface area contributed by atoms with Gasteiger partial charge in [0.15, 0.2) is 6.04 Å². The largest absolute Gasteiger partial charge is 0.501 e. The number of aryl methyl sites for hydroxylation is 1. The fourth-order valence-corrected chi connectivity index (χ4v) is 2.27. The number of ether oxygens (including phenoxy) is 2. The summed E-state index contributed by atoms with van der Waals surface area (Å²) >= 11 is 0. The van der Waals surface area contributed by atoms with Gasteiger partial charge in [-0.25, -0.2) is 9.48 Å². The number of methoxy groups -OCH3 is 1. The maximum atomic E-state index is 12.2. The Morgan fingerprint density at radius 2 is 2.27 bits per heavy atom. The molecule has 1 aromatic rings. The van der Waals surface area contributed by atoms with Crippen LogP contribution in [0.3, 0.4) is 0 Å². The number of hydrogen-bond donors (Lipinski definition) is 0.